The van der Waals surface area contributed by atoms with E-state index in [0.717, 1.165) is 18.7 Å². The molecular formula is C10H21NO. The smallest absolute Gasteiger partial charge is 0.0618 e. The Morgan fingerprint density at radius 3 is 2.42 bits per heavy atom. The van der Waals surface area contributed by atoms with Gasteiger partial charge in [0.2, 0.25) is 0 Å². The summed E-state index contributed by atoms with van der Waals surface area (Å²) in [7, 11) is 1.73. The van der Waals surface area contributed by atoms with Crippen molar-refractivity contribution in [2.24, 2.45) is 5.92 Å². The minimum Gasteiger partial charge on any atom is -0.383 e. The van der Waals surface area contributed by atoms with Crippen molar-refractivity contribution in [3.05, 3.63) is 12.2 Å². The van der Waals surface area contributed by atoms with Crippen LogP contribution in [0.15, 0.2) is 12.2 Å². The largest absolute Gasteiger partial charge is 0.383 e. The van der Waals surface area contributed by atoms with Gasteiger partial charge in [0.25, 0.3) is 0 Å². The molecule has 2 nitrogen and oxygen atoms in total. The van der Waals surface area contributed by atoms with E-state index in [9.17, 15) is 0 Å². The lowest BCUT2D eigenvalue weighted by Gasteiger charge is -2.21. The van der Waals surface area contributed by atoms with E-state index in [0.29, 0.717) is 12.0 Å². The van der Waals surface area contributed by atoms with Crippen LogP contribution in [0.2, 0.25) is 0 Å². The number of hydrogen-bond acceptors (Lipinski definition) is 2. The lowest BCUT2D eigenvalue weighted by molar-refractivity contribution is 0.149. The average molecular weight is 171 g/mol. The van der Waals surface area contributed by atoms with Gasteiger partial charge in [0.1, 0.15) is 0 Å². The van der Waals surface area contributed by atoms with Crippen molar-refractivity contribution >= 4 is 0 Å². The third-order valence-electron chi connectivity index (χ3n) is 1.82. The predicted octanol–water partition coefficient (Wildman–Crippen LogP) is 1.82. The molecule has 1 unspecified atom stereocenters. The van der Waals surface area contributed by atoms with Crippen molar-refractivity contribution in [2.75, 3.05) is 20.3 Å². The van der Waals surface area contributed by atoms with E-state index in [1.165, 1.54) is 0 Å². The van der Waals surface area contributed by atoms with E-state index in [1.54, 1.807) is 7.11 Å². The summed E-state index contributed by atoms with van der Waals surface area (Å²) in [4.78, 5) is 0. The van der Waals surface area contributed by atoms with Crippen LogP contribution in [-0.4, -0.2) is 26.3 Å². The van der Waals surface area contributed by atoms with Gasteiger partial charge in [0.05, 0.1) is 6.61 Å². The summed E-state index contributed by atoms with van der Waals surface area (Å²) < 4.78 is 5.11. The molecule has 0 saturated heterocycles. The number of hydrogen-bond donors (Lipinski definition) is 1. The first-order valence-corrected chi connectivity index (χ1v) is 4.44. The molecular weight excluding hydrogens is 150 g/mol. The third kappa shape index (κ3) is 5.33. The average Bonchev–Trinajstić information content (AvgIpc) is 1.96. The van der Waals surface area contributed by atoms with Crippen LogP contribution < -0.4 is 5.32 Å². The van der Waals surface area contributed by atoms with E-state index >= 15 is 0 Å². The number of rotatable bonds is 6. The molecule has 0 fully saturated rings. The van der Waals surface area contributed by atoms with Gasteiger partial charge in [-0.1, -0.05) is 26.0 Å². The highest BCUT2D eigenvalue weighted by atomic mass is 16.5. The molecule has 1 atom stereocenters. The van der Waals surface area contributed by atoms with Gasteiger partial charge < -0.3 is 10.1 Å². The van der Waals surface area contributed by atoms with Crippen molar-refractivity contribution in [3.63, 3.8) is 0 Å². The summed E-state index contributed by atoms with van der Waals surface area (Å²) in [5.41, 5.74) is 1.16. The fourth-order valence-corrected chi connectivity index (χ4v) is 0.972. The standard InChI is InChI=1S/C10H21NO/c1-8(2)6-11-10(7-12-5)9(3)4/h9-11H,1,6-7H2,2-5H3. The molecule has 0 aliphatic carbocycles. The van der Waals surface area contributed by atoms with E-state index in [4.69, 9.17) is 4.74 Å². The van der Waals surface area contributed by atoms with Gasteiger partial charge in [-0.3, -0.25) is 0 Å². The molecule has 0 bridgehead atoms. The predicted molar refractivity (Wildman–Crippen MR) is 53.3 cm³/mol. The molecule has 0 aromatic heterocycles. The zero-order chi connectivity index (χ0) is 9.56. The quantitative estimate of drug-likeness (QED) is 0.616. The topological polar surface area (TPSA) is 21.3 Å². The van der Waals surface area contributed by atoms with Crippen LogP contribution in [0.1, 0.15) is 20.8 Å². The molecule has 0 aromatic rings. The van der Waals surface area contributed by atoms with E-state index in [1.807, 2.05) is 6.92 Å². The van der Waals surface area contributed by atoms with E-state index in [-0.39, 0.29) is 0 Å². The molecule has 2 heteroatoms. The lowest BCUT2D eigenvalue weighted by atomic mass is 10.1. The zero-order valence-corrected chi connectivity index (χ0v) is 8.68. The summed E-state index contributed by atoms with van der Waals surface area (Å²) in [6.07, 6.45) is 0. The van der Waals surface area contributed by atoms with Crippen LogP contribution in [0.5, 0.6) is 0 Å². The third-order valence-corrected chi connectivity index (χ3v) is 1.82. The molecule has 0 saturated carbocycles. The summed E-state index contributed by atoms with van der Waals surface area (Å²) in [6, 6.07) is 0.437. The van der Waals surface area contributed by atoms with Crippen molar-refractivity contribution < 1.29 is 4.74 Å². The normalized spacial score (nSPS) is 13.4. The van der Waals surface area contributed by atoms with Crippen LogP contribution in [0, 0.1) is 5.92 Å². The molecule has 0 aromatic carbocycles. The molecule has 0 aliphatic rings. The Morgan fingerprint density at radius 1 is 1.50 bits per heavy atom. The Bertz CT molecular complexity index is 132. The van der Waals surface area contributed by atoms with Crippen LogP contribution in [0.25, 0.3) is 0 Å². The molecule has 0 radical (unpaired) electrons. The minimum absolute atomic E-state index is 0.437. The SMILES string of the molecule is C=C(C)CNC(COC)C(C)C. The molecule has 0 heterocycles. The zero-order valence-electron chi connectivity index (χ0n) is 8.68. The lowest BCUT2D eigenvalue weighted by Crippen LogP contribution is -2.38. The van der Waals surface area contributed by atoms with Gasteiger partial charge >= 0.3 is 0 Å². The summed E-state index contributed by atoms with van der Waals surface area (Å²) in [5, 5.41) is 3.40. The van der Waals surface area contributed by atoms with Gasteiger partial charge in [-0.05, 0) is 12.8 Å². The monoisotopic (exact) mass is 171 g/mol. The van der Waals surface area contributed by atoms with Crippen molar-refractivity contribution in [3.8, 4) is 0 Å². The van der Waals surface area contributed by atoms with Gasteiger partial charge in [-0.25, -0.2) is 0 Å². The maximum absolute atomic E-state index is 5.11. The van der Waals surface area contributed by atoms with Crippen molar-refractivity contribution in [2.45, 2.75) is 26.8 Å². The molecule has 72 valence electrons. The maximum atomic E-state index is 5.11. The summed E-state index contributed by atoms with van der Waals surface area (Å²) >= 11 is 0. The Kier molecular flexibility index (Phi) is 6.03. The second-order valence-electron chi connectivity index (χ2n) is 3.64. The van der Waals surface area contributed by atoms with E-state index < -0.39 is 0 Å². The second kappa shape index (κ2) is 6.21. The highest BCUT2D eigenvalue weighted by Crippen LogP contribution is 2.01. The fourth-order valence-electron chi connectivity index (χ4n) is 0.972. The Morgan fingerprint density at radius 2 is 2.08 bits per heavy atom. The second-order valence-corrected chi connectivity index (χ2v) is 3.64. The van der Waals surface area contributed by atoms with Crippen molar-refractivity contribution in [1.82, 2.24) is 5.32 Å². The van der Waals surface area contributed by atoms with Gasteiger partial charge in [-0.2, -0.15) is 0 Å². The Hall–Kier alpha value is -0.340. The number of ether oxygens (including phenoxy) is 1. The number of methoxy groups -OCH3 is 1. The fraction of sp³-hybridized carbons (Fsp3) is 0.800. The molecule has 0 amide bonds. The molecule has 0 rings (SSSR count). The van der Waals surface area contributed by atoms with Gasteiger partial charge in [0.15, 0.2) is 0 Å². The minimum atomic E-state index is 0.437. The highest BCUT2D eigenvalue weighted by molar-refractivity contribution is 4.92. The summed E-state index contributed by atoms with van der Waals surface area (Å²) in [6.45, 7) is 11.9. The first-order valence-electron chi connectivity index (χ1n) is 4.44. The van der Waals surface area contributed by atoms with Crippen molar-refractivity contribution in [1.29, 1.82) is 0 Å². The summed E-state index contributed by atoms with van der Waals surface area (Å²) in [5.74, 6) is 0.601. The first kappa shape index (κ1) is 11.7. The molecule has 12 heavy (non-hydrogen) atoms. The number of nitrogens with one attached hydrogen (secondary N) is 1. The van der Waals surface area contributed by atoms with Gasteiger partial charge in [0, 0.05) is 19.7 Å². The van der Waals surface area contributed by atoms with Crippen LogP contribution >= 0.6 is 0 Å². The Balaban J connectivity index is 3.70. The molecule has 0 spiro atoms. The van der Waals surface area contributed by atoms with Gasteiger partial charge in [-0.15, -0.1) is 0 Å². The first-order chi connectivity index (χ1) is 5.57. The van der Waals surface area contributed by atoms with E-state index in [2.05, 4.69) is 25.7 Å². The highest BCUT2D eigenvalue weighted by Gasteiger charge is 2.11. The van der Waals surface area contributed by atoms with Crippen LogP contribution in [-0.2, 0) is 4.74 Å². The maximum Gasteiger partial charge on any atom is 0.0618 e. The Labute approximate surface area is 76.0 Å². The molecule has 0 aliphatic heterocycles. The van der Waals surface area contributed by atoms with Crippen LogP contribution in [0.3, 0.4) is 0 Å². The molecule has 1 N–H and O–H groups in total. The van der Waals surface area contributed by atoms with Crippen LogP contribution in [0.4, 0.5) is 0 Å².